The normalized spacial score (nSPS) is 23.2. The van der Waals surface area contributed by atoms with Gasteiger partial charge in [0, 0.05) is 17.0 Å². The molecule has 2 atom stereocenters. The summed E-state index contributed by atoms with van der Waals surface area (Å²) in [6.07, 6.45) is 5.89. The summed E-state index contributed by atoms with van der Waals surface area (Å²) in [5, 5.41) is 3.13. The van der Waals surface area contributed by atoms with Crippen LogP contribution in [0.25, 0.3) is 11.0 Å². The molecule has 5 rings (SSSR count). The first-order valence-corrected chi connectivity index (χ1v) is 8.29. The monoisotopic (exact) mass is 318 g/mol. The van der Waals surface area contributed by atoms with Crippen LogP contribution in [0.1, 0.15) is 35.2 Å². The molecule has 4 heteroatoms. The molecule has 0 amide bonds. The van der Waals surface area contributed by atoms with Gasteiger partial charge in [-0.2, -0.15) is 0 Å². The first kappa shape index (κ1) is 13.7. The van der Waals surface area contributed by atoms with Crippen LogP contribution < -0.4 is 5.73 Å². The predicted octanol–water partition coefficient (Wildman–Crippen LogP) is 4.21. The number of nitrogens with zero attached hydrogens (tertiary/aromatic N) is 1. The summed E-state index contributed by atoms with van der Waals surface area (Å²) in [5.41, 5.74) is 10.7. The highest BCUT2D eigenvalue weighted by Gasteiger charge is 2.38. The summed E-state index contributed by atoms with van der Waals surface area (Å²) in [6.45, 7) is 0. The van der Waals surface area contributed by atoms with Gasteiger partial charge in [0.2, 0.25) is 5.88 Å². The van der Waals surface area contributed by atoms with Gasteiger partial charge in [-0.3, -0.25) is 0 Å². The zero-order valence-corrected chi connectivity index (χ0v) is 13.2. The molecule has 2 unspecified atom stereocenters. The maximum absolute atomic E-state index is 6.02. The second kappa shape index (κ2) is 5.14. The first-order chi connectivity index (χ1) is 11.8. The highest BCUT2D eigenvalue weighted by atomic mass is 16.7. The van der Waals surface area contributed by atoms with Crippen molar-refractivity contribution in [2.24, 2.45) is 5.73 Å². The highest BCUT2D eigenvalue weighted by molar-refractivity contribution is 5.81. The van der Waals surface area contributed by atoms with Gasteiger partial charge in [0.15, 0.2) is 0 Å². The lowest BCUT2D eigenvalue weighted by Crippen LogP contribution is -2.27. The Hall–Kier alpha value is -2.72. The zero-order chi connectivity index (χ0) is 16.1. The van der Waals surface area contributed by atoms with E-state index in [0.29, 0.717) is 5.88 Å². The largest absolute Gasteiger partial charge is 0.464 e. The van der Waals surface area contributed by atoms with E-state index in [1.165, 1.54) is 11.1 Å². The molecule has 0 spiro atoms. The molecular formula is C20H18N2O2. The number of para-hydroxylation sites is 1. The van der Waals surface area contributed by atoms with Crippen molar-refractivity contribution in [2.45, 2.75) is 24.9 Å². The van der Waals surface area contributed by atoms with Gasteiger partial charge in [0.05, 0.1) is 18.3 Å². The van der Waals surface area contributed by atoms with Crippen molar-refractivity contribution in [3.8, 4) is 0 Å². The smallest absolute Gasteiger partial charge is 0.207 e. The molecule has 1 aromatic heterocycles. The van der Waals surface area contributed by atoms with E-state index in [4.69, 9.17) is 15.0 Å². The standard InChI is InChI=1S/C20H18N2O2/c21-20-11-18(16-12-23-19-8-4-3-7-15(16)19)22(24-20)17-10-9-13-5-1-2-6-14(13)17/h1-8,11-12,17-18H,9-10,21H2. The van der Waals surface area contributed by atoms with Gasteiger partial charge in [0.25, 0.3) is 0 Å². The Labute approximate surface area is 140 Å². The van der Waals surface area contributed by atoms with Gasteiger partial charge < -0.3 is 15.0 Å². The second-order valence-electron chi connectivity index (χ2n) is 6.41. The topological polar surface area (TPSA) is 51.6 Å². The van der Waals surface area contributed by atoms with Crippen molar-refractivity contribution in [1.29, 1.82) is 0 Å². The average molecular weight is 318 g/mol. The fourth-order valence-corrected chi connectivity index (χ4v) is 3.95. The van der Waals surface area contributed by atoms with Crippen molar-refractivity contribution >= 4 is 11.0 Å². The maximum atomic E-state index is 6.02. The molecule has 1 aliphatic heterocycles. The molecule has 2 aromatic carbocycles. The van der Waals surface area contributed by atoms with Crippen LogP contribution in [-0.2, 0) is 11.3 Å². The van der Waals surface area contributed by atoms with Crippen LogP contribution in [0.15, 0.2) is 71.2 Å². The summed E-state index contributed by atoms with van der Waals surface area (Å²) < 4.78 is 5.72. The number of fused-ring (bicyclic) bond motifs is 2. The number of hydrogen-bond donors (Lipinski definition) is 1. The Balaban J connectivity index is 1.58. The van der Waals surface area contributed by atoms with Crippen LogP contribution in [0, 0.1) is 0 Å². The van der Waals surface area contributed by atoms with Gasteiger partial charge in [-0.25, -0.2) is 0 Å². The van der Waals surface area contributed by atoms with E-state index in [1.54, 1.807) is 0 Å². The minimum Gasteiger partial charge on any atom is -0.464 e. The molecule has 0 bridgehead atoms. The highest BCUT2D eigenvalue weighted by Crippen LogP contribution is 2.45. The van der Waals surface area contributed by atoms with Gasteiger partial charge in [-0.05, 0) is 30.0 Å². The van der Waals surface area contributed by atoms with Gasteiger partial charge >= 0.3 is 0 Å². The quantitative estimate of drug-likeness (QED) is 0.769. The summed E-state index contributed by atoms with van der Waals surface area (Å²) >= 11 is 0. The van der Waals surface area contributed by atoms with Crippen molar-refractivity contribution in [2.75, 3.05) is 0 Å². The third-order valence-electron chi connectivity index (χ3n) is 5.05. The van der Waals surface area contributed by atoms with Crippen molar-refractivity contribution in [3.63, 3.8) is 0 Å². The number of hydrogen-bond acceptors (Lipinski definition) is 4. The van der Waals surface area contributed by atoms with E-state index >= 15 is 0 Å². The molecule has 0 radical (unpaired) electrons. The van der Waals surface area contributed by atoms with E-state index < -0.39 is 0 Å². The molecule has 120 valence electrons. The van der Waals surface area contributed by atoms with Crippen molar-refractivity contribution < 1.29 is 9.25 Å². The molecular weight excluding hydrogens is 300 g/mol. The molecule has 1 aliphatic carbocycles. The van der Waals surface area contributed by atoms with Crippen LogP contribution in [0.5, 0.6) is 0 Å². The lowest BCUT2D eigenvalue weighted by Gasteiger charge is -2.28. The molecule has 0 saturated carbocycles. The van der Waals surface area contributed by atoms with E-state index in [-0.39, 0.29) is 12.1 Å². The Kier molecular flexibility index (Phi) is 2.94. The van der Waals surface area contributed by atoms with Crippen LogP contribution in [0.4, 0.5) is 0 Å². The fraction of sp³-hybridized carbons (Fsp3) is 0.200. The third kappa shape index (κ3) is 1.96. The summed E-state index contributed by atoms with van der Waals surface area (Å²) in [4.78, 5) is 5.92. The average Bonchev–Trinajstić information content (AvgIpc) is 3.30. The van der Waals surface area contributed by atoms with Crippen LogP contribution >= 0.6 is 0 Å². The third-order valence-corrected chi connectivity index (χ3v) is 5.05. The van der Waals surface area contributed by atoms with Crippen molar-refractivity contribution in [1.82, 2.24) is 5.06 Å². The Bertz CT molecular complexity index is 943. The lowest BCUT2D eigenvalue weighted by molar-refractivity contribution is -0.153. The number of rotatable bonds is 2. The van der Waals surface area contributed by atoms with Crippen LogP contribution in [0.3, 0.4) is 0 Å². The van der Waals surface area contributed by atoms with Crippen molar-refractivity contribution in [3.05, 3.63) is 83.4 Å². The molecule has 0 saturated heterocycles. The van der Waals surface area contributed by atoms with Crippen LogP contribution in [-0.4, -0.2) is 5.06 Å². The summed E-state index contributed by atoms with van der Waals surface area (Å²) in [5.74, 6) is 0.453. The molecule has 0 fully saturated rings. The Morgan fingerprint density at radius 2 is 1.83 bits per heavy atom. The number of nitrogens with two attached hydrogens (primary N) is 1. The molecule has 3 aromatic rings. The Morgan fingerprint density at radius 3 is 2.79 bits per heavy atom. The molecule has 2 aliphatic rings. The van der Waals surface area contributed by atoms with Gasteiger partial charge in [0.1, 0.15) is 5.58 Å². The first-order valence-electron chi connectivity index (χ1n) is 8.29. The lowest BCUT2D eigenvalue weighted by atomic mass is 10.0. The summed E-state index contributed by atoms with van der Waals surface area (Å²) in [6, 6.07) is 16.8. The minimum absolute atomic E-state index is 0.0372. The van der Waals surface area contributed by atoms with Gasteiger partial charge in [-0.15, -0.1) is 5.06 Å². The summed E-state index contributed by atoms with van der Waals surface area (Å²) in [7, 11) is 0. The molecule has 2 heterocycles. The van der Waals surface area contributed by atoms with E-state index in [0.717, 1.165) is 29.4 Å². The van der Waals surface area contributed by atoms with E-state index in [2.05, 4.69) is 30.3 Å². The second-order valence-corrected chi connectivity index (χ2v) is 6.41. The number of hydroxylamine groups is 2. The maximum Gasteiger partial charge on any atom is 0.207 e. The minimum atomic E-state index is -0.0372. The SMILES string of the molecule is NC1=CC(c2coc3ccccc23)N(C2CCc3ccccc32)O1. The molecule has 2 N–H and O–H groups in total. The molecule has 4 nitrogen and oxygen atoms in total. The van der Waals surface area contributed by atoms with E-state index in [1.807, 2.05) is 35.6 Å². The van der Waals surface area contributed by atoms with E-state index in [9.17, 15) is 0 Å². The number of benzene rings is 2. The Morgan fingerprint density at radius 1 is 1.00 bits per heavy atom. The predicted molar refractivity (Wildman–Crippen MR) is 91.7 cm³/mol. The fourth-order valence-electron chi connectivity index (χ4n) is 3.95. The number of aryl methyl sites for hydroxylation is 1. The van der Waals surface area contributed by atoms with Gasteiger partial charge in [-0.1, -0.05) is 42.5 Å². The zero-order valence-electron chi connectivity index (χ0n) is 13.2. The van der Waals surface area contributed by atoms with Crippen LogP contribution in [0.2, 0.25) is 0 Å². The molecule has 24 heavy (non-hydrogen) atoms. The number of furan rings is 1.